The minimum absolute atomic E-state index is 0.0185. The first-order valence-corrected chi connectivity index (χ1v) is 12.1. The van der Waals surface area contributed by atoms with Gasteiger partial charge in [-0.25, -0.2) is 12.8 Å². The Morgan fingerprint density at radius 2 is 1.84 bits per heavy atom. The van der Waals surface area contributed by atoms with Crippen LogP contribution in [0.2, 0.25) is 0 Å². The van der Waals surface area contributed by atoms with Gasteiger partial charge in [0.15, 0.2) is 0 Å². The summed E-state index contributed by atoms with van der Waals surface area (Å²) in [6.07, 6.45) is 1.75. The van der Waals surface area contributed by atoms with Crippen molar-refractivity contribution in [2.45, 2.75) is 44.0 Å². The van der Waals surface area contributed by atoms with Crippen molar-refractivity contribution in [2.75, 3.05) is 23.3 Å². The molecule has 170 valence electrons. The van der Waals surface area contributed by atoms with Gasteiger partial charge in [0, 0.05) is 37.4 Å². The van der Waals surface area contributed by atoms with Gasteiger partial charge in [0.1, 0.15) is 5.82 Å². The van der Waals surface area contributed by atoms with Crippen molar-refractivity contribution in [3.05, 3.63) is 53.8 Å². The Labute approximate surface area is 187 Å². The number of nitrogens with one attached hydrogen (secondary N) is 1. The highest BCUT2D eigenvalue weighted by Crippen LogP contribution is 2.35. The summed E-state index contributed by atoms with van der Waals surface area (Å²) in [6.45, 7) is 3.86. The number of carbonyl (C=O) groups is 2. The molecular weight excluding hydrogens is 433 g/mol. The number of carbonyl (C=O) groups excluding carboxylic acids is 2. The van der Waals surface area contributed by atoms with Crippen LogP contribution < -0.4 is 10.2 Å². The van der Waals surface area contributed by atoms with E-state index in [1.165, 1.54) is 41.6 Å². The Hall–Kier alpha value is -2.78. The lowest BCUT2D eigenvalue weighted by molar-refractivity contribution is -0.121. The van der Waals surface area contributed by atoms with Gasteiger partial charge in [-0.2, -0.15) is 4.31 Å². The number of rotatable bonds is 4. The third-order valence-electron chi connectivity index (χ3n) is 6.11. The van der Waals surface area contributed by atoms with Crippen LogP contribution in [-0.4, -0.2) is 43.7 Å². The Morgan fingerprint density at radius 1 is 1.12 bits per heavy atom. The second-order valence-electron chi connectivity index (χ2n) is 8.43. The van der Waals surface area contributed by atoms with E-state index in [2.05, 4.69) is 5.32 Å². The number of halogens is 1. The molecule has 2 heterocycles. The van der Waals surface area contributed by atoms with Gasteiger partial charge in [0.2, 0.25) is 21.8 Å². The van der Waals surface area contributed by atoms with Gasteiger partial charge in [-0.3, -0.25) is 9.59 Å². The summed E-state index contributed by atoms with van der Waals surface area (Å²) in [5.74, 6) is -1.24. The Bertz CT molecular complexity index is 1150. The third-order valence-corrected chi connectivity index (χ3v) is 7.97. The molecule has 2 aliphatic heterocycles. The number of hydrogen-bond donors (Lipinski definition) is 1. The van der Waals surface area contributed by atoms with Crippen molar-refractivity contribution < 1.29 is 22.4 Å². The second kappa shape index (κ2) is 8.63. The number of anilines is 2. The summed E-state index contributed by atoms with van der Waals surface area (Å²) in [7, 11) is -3.78. The summed E-state index contributed by atoms with van der Waals surface area (Å²) < 4.78 is 41.1. The minimum Gasteiger partial charge on any atom is -0.326 e. The number of hydrogen-bond acceptors (Lipinski definition) is 4. The minimum atomic E-state index is -3.78. The van der Waals surface area contributed by atoms with Crippen molar-refractivity contribution in [2.24, 2.45) is 5.92 Å². The smallest absolute Gasteiger partial charge is 0.243 e. The second-order valence-corrected chi connectivity index (χ2v) is 10.4. The molecule has 0 spiro atoms. The largest absolute Gasteiger partial charge is 0.326 e. The maximum Gasteiger partial charge on any atom is 0.243 e. The van der Waals surface area contributed by atoms with Crippen molar-refractivity contribution in [3.63, 3.8) is 0 Å². The van der Waals surface area contributed by atoms with E-state index in [4.69, 9.17) is 0 Å². The summed E-state index contributed by atoms with van der Waals surface area (Å²) in [6, 6.07) is 10.3. The molecule has 2 aromatic rings. The molecule has 2 atom stereocenters. The molecule has 32 heavy (non-hydrogen) atoms. The topological polar surface area (TPSA) is 86.8 Å². The zero-order chi connectivity index (χ0) is 23.0. The molecule has 1 N–H and O–H groups in total. The third kappa shape index (κ3) is 4.27. The van der Waals surface area contributed by atoms with Crippen LogP contribution in [0.5, 0.6) is 0 Å². The van der Waals surface area contributed by atoms with Crippen LogP contribution in [0.4, 0.5) is 15.8 Å². The maximum atomic E-state index is 13.3. The van der Waals surface area contributed by atoms with E-state index in [1.54, 1.807) is 17.0 Å². The van der Waals surface area contributed by atoms with Crippen LogP contribution in [0.1, 0.15) is 32.3 Å². The number of benzene rings is 2. The van der Waals surface area contributed by atoms with Crippen LogP contribution in [0.25, 0.3) is 0 Å². The first-order chi connectivity index (χ1) is 15.2. The molecule has 1 saturated heterocycles. The van der Waals surface area contributed by atoms with E-state index in [1.807, 2.05) is 6.92 Å². The Morgan fingerprint density at radius 3 is 2.53 bits per heavy atom. The monoisotopic (exact) mass is 459 g/mol. The molecule has 0 aromatic heterocycles. The highest BCUT2D eigenvalue weighted by atomic mass is 32.2. The molecule has 4 rings (SSSR count). The zero-order valence-electron chi connectivity index (χ0n) is 18.0. The van der Waals surface area contributed by atoms with Crippen LogP contribution in [-0.2, 0) is 26.0 Å². The molecule has 0 radical (unpaired) electrons. The standard InChI is InChI=1S/C23H26FN3O4S/c1-15-12-18-13-21(9-10-22(18)27(15)16(2)28)32(30,31)26-11-3-4-17(14-26)23(29)25-20-7-5-19(24)6-8-20/h5-10,13,15,17H,3-4,11-12,14H2,1-2H3,(H,25,29)/t15-,17-/m0/s1. The fraction of sp³-hybridized carbons (Fsp3) is 0.391. The average Bonchev–Trinajstić information content (AvgIpc) is 3.10. The first-order valence-electron chi connectivity index (χ1n) is 10.7. The fourth-order valence-electron chi connectivity index (χ4n) is 4.55. The van der Waals surface area contributed by atoms with Gasteiger partial charge < -0.3 is 10.2 Å². The van der Waals surface area contributed by atoms with Gasteiger partial charge >= 0.3 is 0 Å². The summed E-state index contributed by atoms with van der Waals surface area (Å²) in [5, 5.41) is 2.74. The van der Waals surface area contributed by atoms with Crippen LogP contribution in [0, 0.1) is 11.7 Å². The zero-order valence-corrected chi connectivity index (χ0v) is 18.9. The predicted molar refractivity (Wildman–Crippen MR) is 119 cm³/mol. The molecule has 0 aliphatic carbocycles. The van der Waals surface area contributed by atoms with E-state index in [-0.39, 0.29) is 29.3 Å². The number of fused-ring (bicyclic) bond motifs is 1. The van der Waals surface area contributed by atoms with Crippen LogP contribution >= 0.6 is 0 Å². The van der Waals surface area contributed by atoms with E-state index in [0.717, 1.165) is 11.3 Å². The van der Waals surface area contributed by atoms with Crippen LogP contribution in [0.15, 0.2) is 47.4 Å². The highest BCUT2D eigenvalue weighted by molar-refractivity contribution is 7.89. The van der Waals surface area contributed by atoms with E-state index >= 15 is 0 Å². The highest BCUT2D eigenvalue weighted by Gasteiger charge is 2.35. The molecule has 0 unspecified atom stereocenters. The van der Waals surface area contributed by atoms with Gasteiger partial charge in [-0.05, 0) is 74.2 Å². The van der Waals surface area contributed by atoms with E-state index in [9.17, 15) is 22.4 Å². The Kier molecular flexibility index (Phi) is 6.05. The van der Waals surface area contributed by atoms with Crippen molar-refractivity contribution in [3.8, 4) is 0 Å². The number of piperidine rings is 1. The lowest BCUT2D eigenvalue weighted by Gasteiger charge is -2.31. The fourth-order valence-corrected chi connectivity index (χ4v) is 6.12. The predicted octanol–water partition coefficient (Wildman–Crippen LogP) is 3.16. The number of nitrogens with zero attached hydrogens (tertiary/aromatic N) is 2. The molecule has 2 aromatic carbocycles. The summed E-state index contributed by atoms with van der Waals surface area (Å²) >= 11 is 0. The Balaban J connectivity index is 1.50. The molecule has 0 bridgehead atoms. The van der Waals surface area contributed by atoms with Gasteiger partial charge in [-0.15, -0.1) is 0 Å². The SMILES string of the molecule is CC(=O)N1c2ccc(S(=O)(=O)N3CCC[C@H](C(=O)Nc4ccc(F)cc4)C3)cc2C[C@@H]1C. The molecular formula is C23H26FN3O4S. The van der Waals surface area contributed by atoms with Crippen molar-refractivity contribution in [1.29, 1.82) is 0 Å². The molecule has 7 nitrogen and oxygen atoms in total. The summed E-state index contributed by atoms with van der Waals surface area (Å²) in [5.41, 5.74) is 2.05. The van der Waals surface area contributed by atoms with Gasteiger partial charge in [-0.1, -0.05) is 0 Å². The average molecular weight is 460 g/mol. The lowest BCUT2D eigenvalue weighted by Crippen LogP contribution is -2.43. The molecule has 0 saturated carbocycles. The summed E-state index contributed by atoms with van der Waals surface area (Å²) in [4.78, 5) is 26.5. The van der Waals surface area contributed by atoms with Crippen LogP contribution in [0.3, 0.4) is 0 Å². The van der Waals surface area contributed by atoms with Gasteiger partial charge in [0.25, 0.3) is 0 Å². The number of sulfonamides is 1. The number of amides is 2. The maximum absolute atomic E-state index is 13.3. The van der Waals surface area contributed by atoms with Gasteiger partial charge in [0.05, 0.1) is 10.8 Å². The first kappa shape index (κ1) is 22.4. The molecule has 2 amide bonds. The molecule has 1 fully saturated rings. The van der Waals surface area contributed by atoms with E-state index < -0.39 is 21.8 Å². The molecule has 2 aliphatic rings. The normalized spacial score (nSPS) is 21.3. The quantitative estimate of drug-likeness (QED) is 0.761. The van der Waals surface area contributed by atoms with E-state index in [0.29, 0.717) is 31.5 Å². The van der Waals surface area contributed by atoms with Crippen molar-refractivity contribution >= 4 is 33.2 Å². The molecule has 9 heteroatoms. The van der Waals surface area contributed by atoms with Crippen molar-refractivity contribution in [1.82, 2.24) is 4.31 Å². The lowest BCUT2D eigenvalue weighted by atomic mass is 9.99.